The van der Waals surface area contributed by atoms with Gasteiger partial charge in [-0.05, 0) is 19.4 Å². The summed E-state index contributed by atoms with van der Waals surface area (Å²) in [6.45, 7) is 6.19. The summed E-state index contributed by atoms with van der Waals surface area (Å²) in [5.74, 6) is 0. The average molecular weight is 216 g/mol. The summed E-state index contributed by atoms with van der Waals surface area (Å²) < 4.78 is 10.4. The van der Waals surface area contributed by atoms with Crippen LogP contribution in [0.4, 0.5) is 0 Å². The molecule has 0 aliphatic carbocycles. The molecule has 4 nitrogen and oxygen atoms in total. The minimum atomic E-state index is 0.442. The molecule has 1 saturated heterocycles. The van der Waals surface area contributed by atoms with Crippen molar-refractivity contribution < 1.29 is 9.47 Å². The first-order valence-electron chi connectivity index (χ1n) is 5.81. The lowest BCUT2D eigenvalue weighted by Gasteiger charge is -2.31. The molecule has 1 fully saturated rings. The summed E-state index contributed by atoms with van der Waals surface area (Å²) in [4.78, 5) is 2.47. The number of methoxy groups -OCH3 is 2. The largest absolute Gasteiger partial charge is 0.383 e. The highest BCUT2D eigenvalue weighted by Gasteiger charge is 2.18. The highest BCUT2D eigenvalue weighted by molar-refractivity contribution is 4.73. The zero-order valence-electron chi connectivity index (χ0n) is 10.00. The van der Waals surface area contributed by atoms with Crippen LogP contribution in [0.1, 0.15) is 12.8 Å². The normalized spacial score (nSPS) is 23.2. The summed E-state index contributed by atoms with van der Waals surface area (Å²) >= 11 is 0. The number of ether oxygens (including phenoxy) is 2. The number of nitrogens with zero attached hydrogens (tertiary/aromatic N) is 1. The van der Waals surface area contributed by atoms with Gasteiger partial charge in [0.05, 0.1) is 12.7 Å². The van der Waals surface area contributed by atoms with Crippen LogP contribution in [0.5, 0.6) is 0 Å². The van der Waals surface area contributed by atoms with Crippen LogP contribution in [0.3, 0.4) is 0 Å². The first-order valence-corrected chi connectivity index (χ1v) is 5.81. The molecular formula is C11H24N2O2. The Morgan fingerprint density at radius 2 is 2.20 bits per heavy atom. The number of piperidine rings is 1. The highest BCUT2D eigenvalue weighted by Crippen LogP contribution is 2.11. The summed E-state index contributed by atoms with van der Waals surface area (Å²) in [5.41, 5.74) is 0. The first-order chi connectivity index (χ1) is 7.36. The molecule has 0 saturated carbocycles. The Hall–Kier alpha value is -0.160. The minimum absolute atomic E-state index is 0.442. The third-order valence-electron chi connectivity index (χ3n) is 2.88. The van der Waals surface area contributed by atoms with Crippen LogP contribution in [-0.2, 0) is 9.47 Å². The van der Waals surface area contributed by atoms with Crippen molar-refractivity contribution in [3.63, 3.8) is 0 Å². The van der Waals surface area contributed by atoms with Gasteiger partial charge in [0, 0.05) is 40.4 Å². The lowest BCUT2D eigenvalue weighted by molar-refractivity contribution is 0.0317. The number of nitrogens with one attached hydrogen (secondary N) is 1. The van der Waals surface area contributed by atoms with Crippen LogP contribution in [0.25, 0.3) is 0 Å². The van der Waals surface area contributed by atoms with Gasteiger partial charge in [-0.1, -0.05) is 0 Å². The standard InChI is InChI=1S/C11H24N2O2/c1-14-9-6-12-5-8-13-7-3-4-11(10-13)15-2/h11-12H,3-10H2,1-2H3. The van der Waals surface area contributed by atoms with Gasteiger partial charge in [-0.25, -0.2) is 0 Å². The molecule has 0 aromatic carbocycles. The van der Waals surface area contributed by atoms with Crippen LogP contribution in [0.15, 0.2) is 0 Å². The number of likely N-dealkylation sites (tertiary alicyclic amines) is 1. The molecule has 0 amide bonds. The van der Waals surface area contributed by atoms with E-state index in [9.17, 15) is 0 Å². The van der Waals surface area contributed by atoms with Crippen molar-refractivity contribution in [1.29, 1.82) is 0 Å². The second kappa shape index (κ2) is 8.05. The van der Waals surface area contributed by atoms with Gasteiger partial charge >= 0.3 is 0 Å². The fourth-order valence-electron chi connectivity index (χ4n) is 1.95. The van der Waals surface area contributed by atoms with E-state index in [-0.39, 0.29) is 0 Å². The van der Waals surface area contributed by atoms with Gasteiger partial charge in [0.15, 0.2) is 0 Å². The molecule has 0 aromatic heterocycles. The van der Waals surface area contributed by atoms with Crippen LogP contribution < -0.4 is 5.32 Å². The second-order valence-electron chi connectivity index (χ2n) is 4.04. The van der Waals surface area contributed by atoms with Gasteiger partial charge in [0.1, 0.15) is 0 Å². The summed E-state index contributed by atoms with van der Waals surface area (Å²) in [6, 6.07) is 0. The number of hydrogen-bond donors (Lipinski definition) is 1. The molecule has 1 rings (SSSR count). The van der Waals surface area contributed by atoms with Crippen molar-refractivity contribution in [2.75, 3.05) is 53.6 Å². The monoisotopic (exact) mass is 216 g/mol. The quantitative estimate of drug-likeness (QED) is 0.622. The Kier molecular flexibility index (Phi) is 6.92. The highest BCUT2D eigenvalue weighted by atomic mass is 16.5. The molecular weight excluding hydrogens is 192 g/mol. The lowest BCUT2D eigenvalue weighted by Crippen LogP contribution is -2.42. The van der Waals surface area contributed by atoms with Crippen molar-refractivity contribution in [2.45, 2.75) is 18.9 Å². The maximum absolute atomic E-state index is 5.38. The molecule has 0 aromatic rings. The van der Waals surface area contributed by atoms with E-state index in [1.54, 1.807) is 7.11 Å². The van der Waals surface area contributed by atoms with Gasteiger partial charge in [0.25, 0.3) is 0 Å². The van der Waals surface area contributed by atoms with Crippen molar-refractivity contribution in [2.24, 2.45) is 0 Å². The number of hydrogen-bond acceptors (Lipinski definition) is 4. The van der Waals surface area contributed by atoms with Gasteiger partial charge < -0.3 is 14.8 Å². The fraction of sp³-hybridized carbons (Fsp3) is 1.00. The molecule has 1 aliphatic heterocycles. The van der Waals surface area contributed by atoms with E-state index in [0.29, 0.717) is 6.10 Å². The second-order valence-corrected chi connectivity index (χ2v) is 4.04. The van der Waals surface area contributed by atoms with E-state index in [1.165, 1.54) is 19.4 Å². The van der Waals surface area contributed by atoms with Crippen molar-refractivity contribution >= 4 is 0 Å². The summed E-state index contributed by atoms with van der Waals surface area (Å²) in [5, 5.41) is 3.36. The van der Waals surface area contributed by atoms with E-state index >= 15 is 0 Å². The molecule has 15 heavy (non-hydrogen) atoms. The van der Waals surface area contributed by atoms with Crippen molar-refractivity contribution in [3.05, 3.63) is 0 Å². The lowest BCUT2D eigenvalue weighted by atomic mass is 10.1. The maximum atomic E-state index is 5.38. The van der Waals surface area contributed by atoms with E-state index < -0.39 is 0 Å². The van der Waals surface area contributed by atoms with E-state index in [0.717, 1.165) is 32.8 Å². The molecule has 4 heteroatoms. The first kappa shape index (κ1) is 12.9. The van der Waals surface area contributed by atoms with Crippen LogP contribution >= 0.6 is 0 Å². The SMILES string of the molecule is COCCNCCN1CCCC(OC)C1. The third kappa shape index (κ3) is 5.47. The van der Waals surface area contributed by atoms with Gasteiger partial charge in [-0.15, -0.1) is 0 Å². The van der Waals surface area contributed by atoms with E-state index in [1.807, 2.05) is 7.11 Å². The van der Waals surface area contributed by atoms with Gasteiger partial charge in [0.2, 0.25) is 0 Å². The molecule has 1 unspecified atom stereocenters. The smallest absolute Gasteiger partial charge is 0.0698 e. The zero-order chi connectivity index (χ0) is 10.9. The molecule has 0 bridgehead atoms. The van der Waals surface area contributed by atoms with Crippen LogP contribution in [0, 0.1) is 0 Å². The molecule has 1 atom stereocenters. The molecule has 0 radical (unpaired) electrons. The Morgan fingerprint density at radius 3 is 2.93 bits per heavy atom. The van der Waals surface area contributed by atoms with Crippen molar-refractivity contribution in [1.82, 2.24) is 10.2 Å². The van der Waals surface area contributed by atoms with Gasteiger partial charge in [-0.3, -0.25) is 4.90 Å². The Labute approximate surface area is 92.9 Å². The molecule has 1 N–H and O–H groups in total. The van der Waals surface area contributed by atoms with Crippen LogP contribution in [-0.4, -0.2) is 64.6 Å². The van der Waals surface area contributed by atoms with Crippen molar-refractivity contribution in [3.8, 4) is 0 Å². The summed E-state index contributed by atoms with van der Waals surface area (Å²) in [6.07, 6.45) is 2.92. The van der Waals surface area contributed by atoms with Gasteiger partial charge in [-0.2, -0.15) is 0 Å². The molecule has 1 heterocycles. The predicted molar refractivity (Wildman–Crippen MR) is 61.2 cm³/mol. The average Bonchev–Trinajstić information content (AvgIpc) is 2.29. The molecule has 1 aliphatic rings. The maximum Gasteiger partial charge on any atom is 0.0698 e. The molecule has 90 valence electrons. The minimum Gasteiger partial charge on any atom is -0.383 e. The fourth-order valence-corrected chi connectivity index (χ4v) is 1.95. The number of rotatable bonds is 7. The predicted octanol–water partition coefficient (Wildman–Crippen LogP) is 0.333. The Morgan fingerprint density at radius 1 is 1.33 bits per heavy atom. The van der Waals surface area contributed by atoms with E-state index in [2.05, 4.69) is 10.2 Å². The molecule has 0 spiro atoms. The topological polar surface area (TPSA) is 33.7 Å². The Bertz CT molecular complexity index is 156. The Balaban J connectivity index is 2.00. The van der Waals surface area contributed by atoms with Crippen LogP contribution in [0.2, 0.25) is 0 Å². The third-order valence-corrected chi connectivity index (χ3v) is 2.88. The zero-order valence-corrected chi connectivity index (χ0v) is 10.00. The summed E-state index contributed by atoms with van der Waals surface area (Å²) in [7, 11) is 3.54. The van der Waals surface area contributed by atoms with E-state index in [4.69, 9.17) is 9.47 Å².